The van der Waals surface area contributed by atoms with E-state index in [0.717, 1.165) is 47.9 Å². The number of aromatic nitrogens is 3. The Morgan fingerprint density at radius 3 is 2.67 bits per heavy atom. The van der Waals surface area contributed by atoms with E-state index < -0.39 is 0 Å². The molecule has 0 aliphatic heterocycles. The molecule has 2 aromatic carbocycles. The van der Waals surface area contributed by atoms with E-state index in [1.165, 1.54) is 35.0 Å². The van der Waals surface area contributed by atoms with E-state index in [1.807, 2.05) is 6.07 Å². The second-order valence-corrected chi connectivity index (χ2v) is 8.02. The minimum Gasteiger partial charge on any atom is -0.366 e. The molecule has 2 heterocycles. The molecule has 0 amide bonds. The van der Waals surface area contributed by atoms with Crippen LogP contribution in [0.3, 0.4) is 0 Å². The molecule has 152 valence electrons. The number of anilines is 1. The maximum atomic E-state index is 5.97. The molecule has 3 N–H and O–H groups in total. The summed E-state index contributed by atoms with van der Waals surface area (Å²) >= 11 is 0. The van der Waals surface area contributed by atoms with Crippen LogP contribution in [0.2, 0.25) is 0 Å². The molecule has 0 fully saturated rings. The molecule has 0 spiro atoms. The molecule has 1 aliphatic carbocycles. The second-order valence-electron chi connectivity index (χ2n) is 8.02. The minimum atomic E-state index is 0.524. The van der Waals surface area contributed by atoms with Crippen molar-refractivity contribution in [2.45, 2.75) is 45.7 Å². The second kappa shape index (κ2) is 7.92. The molecule has 0 unspecified atom stereocenters. The first-order valence-electron chi connectivity index (χ1n) is 10.7. The molecule has 0 atom stereocenters. The van der Waals surface area contributed by atoms with Crippen molar-refractivity contribution in [3.8, 4) is 5.95 Å². The van der Waals surface area contributed by atoms with Crippen LogP contribution in [-0.2, 0) is 25.9 Å². The lowest BCUT2D eigenvalue weighted by Crippen LogP contribution is -2.16. The summed E-state index contributed by atoms with van der Waals surface area (Å²) in [5.74, 6) is 1.71. The fourth-order valence-electron chi connectivity index (χ4n) is 4.48. The van der Waals surface area contributed by atoms with Crippen LogP contribution >= 0.6 is 0 Å². The summed E-state index contributed by atoms with van der Waals surface area (Å²) in [6.45, 7) is 3.39. The smallest absolute Gasteiger partial charge is 0.236 e. The molecule has 4 aromatic rings. The Bertz CT molecular complexity index is 1190. The number of nitrogens with zero attached hydrogens (tertiary/aromatic N) is 3. The van der Waals surface area contributed by atoms with Crippen LogP contribution in [0, 0.1) is 6.92 Å². The summed E-state index contributed by atoms with van der Waals surface area (Å²) < 4.78 is 2.16. The third kappa shape index (κ3) is 3.35. The third-order valence-electron chi connectivity index (χ3n) is 6.01. The van der Waals surface area contributed by atoms with E-state index in [2.05, 4.69) is 65.3 Å². The van der Waals surface area contributed by atoms with Crippen LogP contribution in [0.5, 0.6) is 0 Å². The van der Waals surface area contributed by atoms with E-state index in [1.54, 1.807) is 0 Å². The molecule has 5 rings (SSSR count). The van der Waals surface area contributed by atoms with Gasteiger partial charge in [-0.05, 0) is 55.9 Å². The fourth-order valence-corrected chi connectivity index (χ4v) is 4.48. The van der Waals surface area contributed by atoms with E-state index >= 15 is 0 Å². The average Bonchev–Trinajstić information content (AvgIpc) is 3.13. The number of hydrogen-bond acceptors (Lipinski definition) is 4. The predicted octanol–water partition coefficient (Wildman–Crippen LogP) is 4.68. The molecule has 0 saturated carbocycles. The number of hydrogen-bond donors (Lipinski definition) is 2. The quantitative estimate of drug-likeness (QED) is 0.513. The number of rotatable bonds is 5. The highest BCUT2D eigenvalue weighted by Crippen LogP contribution is 2.30. The summed E-state index contributed by atoms with van der Waals surface area (Å²) in [5, 5.41) is 4.78. The highest BCUT2D eigenvalue weighted by molar-refractivity contribution is 5.86. The van der Waals surface area contributed by atoms with Crippen molar-refractivity contribution in [3.05, 3.63) is 82.7 Å². The zero-order chi connectivity index (χ0) is 20.5. The molecule has 30 heavy (non-hydrogen) atoms. The molecule has 5 nitrogen and oxygen atoms in total. The van der Waals surface area contributed by atoms with Crippen molar-refractivity contribution in [1.29, 1.82) is 0 Å². The third-order valence-corrected chi connectivity index (χ3v) is 6.01. The molecule has 0 radical (unpaired) electrons. The van der Waals surface area contributed by atoms with Gasteiger partial charge in [0, 0.05) is 29.7 Å². The van der Waals surface area contributed by atoms with Gasteiger partial charge >= 0.3 is 0 Å². The highest BCUT2D eigenvalue weighted by atomic mass is 15.2. The minimum absolute atomic E-state index is 0.524. The van der Waals surface area contributed by atoms with Crippen LogP contribution in [0.25, 0.3) is 16.9 Å². The Morgan fingerprint density at radius 1 is 1.00 bits per heavy atom. The van der Waals surface area contributed by atoms with Crippen LogP contribution in [0.1, 0.15) is 40.9 Å². The SMILES string of the molecule is Cc1cc2c(CN)cccc2n1-c1nc2c(c(NCc3ccccc3)n1)CCCC2. The van der Waals surface area contributed by atoms with Gasteiger partial charge in [0.1, 0.15) is 5.82 Å². The molecule has 1 aliphatic rings. The fraction of sp³-hybridized carbons (Fsp3) is 0.280. The van der Waals surface area contributed by atoms with Crippen molar-refractivity contribution in [1.82, 2.24) is 14.5 Å². The van der Waals surface area contributed by atoms with Crippen molar-refractivity contribution < 1.29 is 0 Å². The number of nitrogens with one attached hydrogen (secondary N) is 1. The molecule has 0 bridgehead atoms. The zero-order valence-electron chi connectivity index (χ0n) is 17.4. The largest absolute Gasteiger partial charge is 0.366 e. The molecule has 0 saturated heterocycles. The van der Waals surface area contributed by atoms with Gasteiger partial charge in [0.15, 0.2) is 0 Å². The first kappa shape index (κ1) is 18.8. The van der Waals surface area contributed by atoms with E-state index in [9.17, 15) is 0 Å². The van der Waals surface area contributed by atoms with Gasteiger partial charge < -0.3 is 11.1 Å². The van der Waals surface area contributed by atoms with E-state index in [4.69, 9.17) is 15.7 Å². The molecular formula is C25H27N5. The molecule has 2 aromatic heterocycles. The van der Waals surface area contributed by atoms with Gasteiger partial charge in [0.2, 0.25) is 5.95 Å². The lowest BCUT2D eigenvalue weighted by molar-refractivity contribution is 0.659. The number of benzene rings is 2. The van der Waals surface area contributed by atoms with Crippen LogP contribution < -0.4 is 11.1 Å². The average molecular weight is 398 g/mol. The van der Waals surface area contributed by atoms with Crippen molar-refractivity contribution in [3.63, 3.8) is 0 Å². The van der Waals surface area contributed by atoms with Crippen LogP contribution in [0.4, 0.5) is 5.82 Å². The predicted molar refractivity (Wildman–Crippen MR) is 122 cm³/mol. The Kier molecular flexibility index (Phi) is 4.97. The summed E-state index contributed by atoms with van der Waals surface area (Å²) in [6.07, 6.45) is 4.43. The number of fused-ring (bicyclic) bond motifs is 2. The lowest BCUT2D eigenvalue weighted by atomic mass is 9.96. The molecule has 5 heteroatoms. The van der Waals surface area contributed by atoms with E-state index in [-0.39, 0.29) is 0 Å². The molecular weight excluding hydrogens is 370 g/mol. The van der Waals surface area contributed by atoms with Gasteiger partial charge in [-0.2, -0.15) is 4.98 Å². The van der Waals surface area contributed by atoms with Gasteiger partial charge in [-0.1, -0.05) is 42.5 Å². The van der Waals surface area contributed by atoms with Crippen LogP contribution in [0.15, 0.2) is 54.6 Å². The van der Waals surface area contributed by atoms with Gasteiger partial charge in [-0.25, -0.2) is 4.98 Å². The van der Waals surface area contributed by atoms with Crippen molar-refractivity contribution in [2.24, 2.45) is 5.73 Å². The van der Waals surface area contributed by atoms with Crippen LogP contribution in [-0.4, -0.2) is 14.5 Å². The summed E-state index contributed by atoms with van der Waals surface area (Å²) in [6, 6.07) is 18.9. The topological polar surface area (TPSA) is 68.8 Å². The Morgan fingerprint density at radius 2 is 1.83 bits per heavy atom. The van der Waals surface area contributed by atoms with E-state index in [0.29, 0.717) is 6.54 Å². The first-order valence-corrected chi connectivity index (χ1v) is 10.7. The lowest BCUT2D eigenvalue weighted by Gasteiger charge is -2.21. The standard InChI is InChI=1S/C25H27N5/c1-17-14-21-19(15-26)10-7-13-23(21)30(17)25-28-22-12-6-5-11-20(22)24(29-25)27-16-18-8-3-2-4-9-18/h2-4,7-10,13-14H,5-6,11-12,15-16,26H2,1H3,(H,27,28,29). The number of nitrogens with two attached hydrogens (primary N) is 1. The first-order chi connectivity index (χ1) is 14.7. The monoisotopic (exact) mass is 397 g/mol. The van der Waals surface area contributed by atoms with Gasteiger partial charge in [0.25, 0.3) is 0 Å². The van der Waals surface area contributed by atoms with Crippen molar-refractivity contribution in [2.75, 3.05) is 5.32 Å². The summed E-state index contributed by atoms with van der Waals surface area (Å²) in [4.78, 5) is 10.0. The van der Waals surface area contributed by atoms with Gasteiger partial charge in [-0.15, -0.1) is 0 Å². The number of aryl methyl sites for hydroxylation is 2. The zero-order valence-corrected chi connectivity index (χ0v) is 17.4. The Labute approximate surface area is 177 Å². The highest BCUT2D eigenvalue weighted by Gasteiger charge is 2.20. The van der Waals surface area contributed by atoms with Gasteiger partial charge in [-0.3, -0.25) is 4.57 Å². The van der Waals surface area contributed by atoms with Gasteiger partial charge in [0.05, 0.1) is 11.2 Å². The Hall–Kier alpha value is -3.18. The van der Waals surface area contributed by atoms with Crippen molar-refractivity contribution >= 4 is 16.7 Å². The maximum absolute atomic E-state index is 5.97. The summed E-state index contributed by atoms with van der Waals surface area (Å²) in [7, 11) is 0. The maximum Gasteiger partial charge on any atom is 0.236 e. The Balaban J connectivity index is 1.61. The normalized spacial score (nSPS) is 13.4. The summed E-state index contributed by atoms with van der Waals surface area (Å²) in [5.41, 5.74) is 13.1.